The second-order valence-corrected chi connectivity index (χ2v) is 13.0. The molecule has 0 saturated heterocycles. The molecule has 238 valence electrons. The fourth-order valence-corrected chi connectivity index (χ4v) is 7.35. The molecule has 10 aromatic rings. The molecule has 2 aromatic heterocycles. The molecular weight excluding hydrogens is 621 g/mol. The minimum absolute atomic E-state index is 0.703. The van der Waals surface area contributed by atoms with Crippen LogP contribution in [0, 0.1) is 0 Å². The Morgan fingerprint density at radius 1 is 0.333 bits per heavy atom. The van der Waals surface area contributed by atoms with Crippen molar-refractivity contribution in [3.8, 4) is 56.2 Å². The molecular formula is C48H30N2O. The van der Waals surface area contributed by atoms with Gasteiger partial charge in [-0.3, -0.25) is 0 Å². The van der Waals surface area contributed by atoms with E-state index in [1.54, 1.807) is 0 Å². The van der Waals surface area contributed by atoms with Crippen molar-refractivity contribution in [2.75, 3.05) is 0 Å². The van der Waals surface area contributed by atoms with Crippen molar-refractivity contribution < 1.29 is 4.42 Å². The van der Waals surface area contributed by atoms with Crippen molar-refractivity contribution in [2.24, 2.45) is 0 Å². The fourth-order valence-electron chi connectivity index (χ4n) is 7.35. The van der Waals surface area contributed by atoms with Crippen LogP contribution in [0.3, 0.4) is 0 Å². The van der Waals surface area contributed by atoms with Crippen LogP contribution in [0.1, 0.15) is 0 Å². The number of benzene rings is 8. The van der Waals surface area contributed by atoms with Gasteiger partial charge in [-0.2, -0.15) is 0 Å². The van der Waals surface area contributed by atoms with Gasteiger partial charge >= 0.3 is 0 Å². The summed E-state index contributed by atoms with van der Waals surface area (Å²) in [7, 11) is 0. The summed E-state index contributed by atoms with van der Waals surface area (Å²) in [5, 5.41) is 6.96. The van der Waals surface area contributed by atoms with Gasteiger partial charge in [0.05, 0.1) is 11.4 Å². The molecule has 0 atom stereocenters. The lowest BCUT2D eigenvalue weighted by Crippen LogP contribution is -1.97. The zero-order valence-electron chi connectivity index (χ0n) is 27.6. The van der Waals surface area contributed by atoms with Crippen molar-refractivity contribution in [3.63, 3.8) is 0 Å². The van der Waals surface area contributed by atoms with Crippen LogP contribution < -0.4 is 0 Å². The topological polar surface area (TPSA) is 38.9 Å². The number of aromatic nitrogens is 2. The van der Waals surface area contributed by atoms with Gasteiger partial charge in [0.2, 0.25) is 0 Å². The lowest BCUT2D eigenvalue weighted by atomic mass is 9.92. The second-order valence-electron chi connectivity index (χ2n) is 13.0. The van der Waals surface area contributed by atoms with E-state index in [0.29, 0.717) is 5.82 Å². The number of hydrogen-bond donors (Lipinski definition) is 0. The van der Waals surface area contributed by atoms with Gasteiger partial charge in [-0.25, -0.2) is 9.97 Å². The van der Waals surface area contributed by atoms with Crippen LogP contribution in [0.5, 0.6) is 0 Å². The van der Waals surface area contributed by atoms with E-state index < -0.39 is 0 Å². The molecule has 0 aliphatic carbocycles. The van der Waals surface area contributed by atoms with Gasteiger partial charge in [0, 0.05) is 27.5 Å². The molecule has 51 heavy (non-hydrogen) atoms. The van der Waals surface area contributed by atoms with Gasteiger partial charge in [0.1, 0.15) is 11.2 Å². The molecule has 0 amide bonds. The molecule has 2 heterocycles. The van der Waals surface area contributed by atoms with Gasteiger partial charge in [-0.05, 0) is 80.2 Å². The van der Waals surface area contributed by atoms with E-state index in [1.165, 1.54) is 27.3 Å². The predicted octanol–water partition coefficient (Wildman–Crippen LogP) is 13.0. The summed E-state index contributed by atoms with van der Waals surface area (Å²) >= 11 is 0. The zero-order valence-corrected chi connectivity index (χ0v) is 27.6. The summed E-state index contributed by atoms with van der Waals surface area (Å²) in [6, 6.07) is 63.9. The molecule has 0 spiro atoms. The van der Waals surface area contributed by atoms with Gasteiger partial charge in [0.25, 0.3) is 0 Å². The first-order valence-electron chi connectivity index (χ1n) is 17.2. The Kier molecular flexibility index (Phi) is 6.81. The highest BCUT2D eigenvalue weighted by Crippen LogP contribution is 2.38. The van der Waals surface area contributed by atoms with Crippen molar-refractivity contribution in [2.45, 2.75) is 0 Å². The van der Waals surface area contributed by atoms with Gasteiger partial charge < -0.3 is 4.42 Å². The van der Waals surface area contributed by atoms with Gasteiger partial charge in [0.15, 0.2) is 5.82 Å². The summed E-state index contributed by atoms with van der Waals surface area (Å²) in [6.45, 7) is 0. The third-order valence-electron chi connectivity index (χ3n) is 9.87. The average molecular weight is 651 g/mol. The largest absolute Gasteiger partial charge is 0.456 e. The molecule has 0 fully saturated rings. The van der Waals surface area contributed by atoms with Gasteiger partial charge in [-0.1, -0.05) is 146 Å². The summed E-state index contributed by atoms with van der Waals surface area (Å²) in [4.78, 5) is 10.4. The molecule has 0 saturated carbocycles. The Balaban J connectivity index is 1.10. The molecule has 0 radical (unpaired) electrons. The van der Waals surface area contributed by atoms with Crippen LogP contribution in [0.4, 0.5) is 0 Å². The van der Waals surface area contributed by atoms with Crippen molar-refractivity contribution in [1.82, 2.24) is 9.97 Å². The summed E-state index contributed by atoms with van der Waals surface area (Å²) in [5.74, 6) is 0.703. The van der Waals surface area contributed by atoms with Crippen LogP contribution in [0.25, 0.3) is 99.6 Å². The fraction of sp³-hybridized carbons (Fsp3) is 0. The van der Waals surface area contributed by atoms with Crippen LogP contribution in [-0.2, 0) is 0 Å². The molecule has 0 aliphatic heterocycles. The SMILES string of the molecule is c1ccc(-c2nc(-c3ccc4cc(-c5ccc6c(c5)oc5ccccc56)ccc4c3)cc(-c3cccc4cccc(-c5ccccc5)c34)n2)cc1. The van der Waals surface area contributed by atoms with E-state index >= 15 is 0 Å². The Bertz CT molecular complexity index is 2900. The normalized spacial score (nSPS) is 11.5. The monoisotopic (exact) mass is 650 g/mol. The predicted molar refractivity (Wildman–Crippen MR) is 212 cm³/mol. The van der Waals surface area contributed by atoms with E-state index in [0.717, 1.165) is 66.5 Å². The minimum atomic E-state index is 0.703. The summed E-state index contributed by atoms with van der Waals surface area (Å²) in [5.41, 5.74) is 11.4. The van der Waals surface area contributed by atoms with Crippen LogP contribution in [-0.4, -0.2) is 9.97 Å². The van der Waals surface area contributed by atoms with E-state index in [9.17, 15) is 0 Å². The van der Waals surface area contributed by atoms with E-state index in [2.05, 4.69) is 152 Å². The highest BCUT2D eigenvalue weighted by atomic mass is 16.3. The maximum Gasteiger partial charge on any atom is 0.160 e. The van der Waals surface area contributed by atoms with Crippen LogP contribution in [0.15, 0.2) is 186 Å². The molecule has 0 N–H and O–H groups in total. The molecule has 0 aliphatic rings. The van der Waals surface area contributed by atoms with E-state index in [1.807, 2.05) is 30.3 Å². The number of hydrogen-bond acceptors (Lipinski definition) is 3. The lowest BCUT2D eigenvalue weighted by molar-refractivity contribution is 0.669. The van der Waals surface area contributed by atoms with E-state index in [4.69, 9.17) is 14.4 Å². The number of furan rings is 1. The molecule has 3 heteroatoms. The smallest absolute Gasteiger partial charge is 0.160 e. The minimum Gasteiger partial charge on any atom is -0.456 e. The van der Waals surface area contributed by atoms with Crippen LogP contribution >= 0.6 is 0 Å². The third kappa shape index (κ3) is 5.15. The molecule has 0 unspecified atom stereocenters. The lowest BCUT2D eigenvalue weighted by Gasteiger charge is -2.14. The molecule has 0 bridgehead atoms. The first kappa shape index (κ1) is 29.1. The van der Waals surface area contributed by atoms with Crippen LogP contribution in [0.2, 0.25) is 0 Å². The Morgan fingerprint density at radius 2 is 0.941 bits per heavy atom. The molecule has 3 nitrogen and oxygen atoms in total. The zero-order chi connectivity index (χ0) is 33.7. The van der Waals surface area contributed by atoms with Crippen molar-refractivity contribution in [1.29, 1.82) is 0 Å². The Labute approximate surface area is 295 Å². The summed E-state index contributed by atoms with van der Waals surface area (Å²) < 4.78 is 6.19. The Morgan fingerprint density at radius 3 is 1.75 bits per heavy atom. The first-order valence-corrected chi connectivity index (χ1v) is 17.2. The number of rotatable bonds is 5. The van der Waals surface area contributed by atoms with Crippen molar-refractivity contribution in [3.05, 3.63) is 182 Å². The Hall–Kier alpha value is -6.84. The van der Waals surface area contributed by atoms with Crippen molar-refractivity contribution >= 4 is 43.5 Å². The number of fused-ring (bicyclic) bond motifs is 5. The number of para-hydroxylation sites is 1. The number of nitrogens with zero attached hydrogens (tertiary/aromatic N) is 2. The second kappa shape index (κ2) is 11.9. The maximum absolute atomic E-state index is 6.19. The highest BCUT2D eigenvalue weighted by molar-refractivity contribution is 6.07. The highest BCUT2D eigenvalue weighted by Gasteiger charge is 2.16. The maximum atomic E-state index is 6.19. The van der Waals surface area contributed by atoms with E-state index in [-0.39, 0.29) is 0 Å². The quantitative estimate of drug-likeness (QED) is 0.186. The standard InChI is InChI=1S/C48H30N2O/c1-3-11-31(12-4-1)39-18-9-15-32-16-10-19-42(47(32)39)44-30-43(49-48(50-44)33-13-5-2-6-14-33)38-24-23-34-27-35(21-22-36(34)28-38)37-25-26-41-40-17-7-8-20-45(40)51-46(41)29-37/h1-30H. The third-order valence-corrected chi connectivity index (χ3v) is 9.87. The van der Waals surface area contributed by atoms with Gasteiger partial charge in [-0.15, -0.1) is 0 Å². The average Bonchev–Trinajstić information content (AvgIpc) is 3.58. The summed E-state index contributed by atoms with van der Waals surface area (Å²) in [6.07, 6.45) is 0. The first-order chi connectivity index (χ1) is 25.2. The molecule has 8 aromatic carbocycles. The molecule has 10 rings (SSSR count).